The summed E-state index contributed by atoms with van der Waals surface area (Å²) < 4.78 is 206. The Labute approximate surface area is 564 Å². The molecule has 0 atom stereocenters. The first kappa shape index (κ1) is 76.3. The third-order valence-electron chi connectivity index (χ3n) is 15.9. The van der Waals surface area contributed by atoms with Gasteiger partial charge in [-0.15, -0.1) is 0 Å². The van der Waals surface area contributed by atoms with Crippen molar-refractivity contribution in [1.29, 1.82) is 0 Å². The normalized spacial score (nSPS) is 13.0. The van der Waals surface area contributed by atoms with Crippen molar-refractivity contribution >= 4 is 70.2 Å². The molecule has 0 saturated heterocycles. The Morgan fingerprint density at radius 2 is 0.421 bits per heavy atom. The summed E-state index contributed by atoms with van der Waals surface area (Å²) in [5.74, 6) is 0. The number of nitrogens with zero attached hydrogens (tertiary/aromatic N) is 5. The number of aryl methyl sites for hydroxylation is 7. The van der Waals surface area contributed by atoms with Gasteiger partial charge in [0.05, 0.1) is 34.3 Å². The molecule has 95 heavy (non-hydrogen) atoms. The van der Waals surface area contributed by atoms with E-state index < -0.39 is 83.3 Å². The smallest absolute Gasteiger partial charge is 0.256 e. The SMILES string of the molecule is Cc1ccc(S(=O)(=O)NCCCN(CCCNS(=O)(=O)c2ccc(C)cc2)CCCN(CCCN(CCCN(S(=O)(=O)c2ccc(C)cc2)S(=O)(=O)c2ccc(C)cc2)CCCN(S(=O)(=O)c2ccc(C)cc2)S(=O)(=O)c2ccc(C)cc2)S(=O)(=O)c2ccc(C)cc2)cc1. The van der Waals surface area contributed by atoms with Gasteiger partial charge in [0.1, 0.15) is 0 Å². The Balaban J connectivity index is 1.16. The third kappa shape index (κ3) is 21.0. The van der Waals surface area contributed by atoms with Crippen molar-refractivity contribution in [2.24, 2.45) is 0 Å². The number of benzene rings is 7. The zero-order chi connectivity index (χ0) is 69.4. The van der Waals surface area contributed by atoms with Crippen LogP contribution < -0.4 is 9.44 Å². The van der Waals surface area contributed by atoms with Crippen LogP contribution in [0.15, 0.2) is 204 Å². The van der Waals surface area contributed by atoms with E-state index in [1.165, 1.54) is 89.2 Å². The van der Waals surface area contributed by atoms with Crippen LogP contribution in [0.2, 0.25) is 0 Å². The molecule has 516 valence electrons. The second-order valence-electron chi connectivity index (χ2n) is 23.7. The molecule has 0 bridgehead atoms. The van der Waals surface area contributed by atoms with Gasteiger partial charge in [-0.3, -0.25) is 0 Å². The molecule has 28 heteroatoms. The highest BCUT2D eigenvalue weighted by Gasteiger charge is 2.38. The highest BCUT2D eigenvalue weighted by Crippen LogP contribution is 2.29. The number of nitrogens with one attached hydrogen (secondary N) is 2. The van der Waals surface area contributed by atoms with Crippen molar-refractivity contribution in [3.63, 3.8) is 0 Å². The van der Waals surface area contributed by atoms with Crippen molar-refractivity contribution in [3.8, 4) is 0 Å². The van der Waals surface area contributed by atoms with E-state index in [0.29, 0.717) is 39.9 Å². The van der Waals surface area contributed by atoms with Gasteiger partial charge in [-0.2, -0.15) is 4.31 Å². The summed E-state index contributed by atoms with van der Waals surface area (Å²) in [4.78, 5) is 3.00. The second-order valence-corrected chi connectivity index (χ2v) is 37.1. The van der Waals surface area contributed by atoms with Crippen LogP contribution in [-0.4, -0.2) is 159 Å². The minimum absolute atomic E-state index is 0.0157. The summed E-state index contributed by atoms with van der Waals surface area (Å²) in [6.45, 7) is 12.5. The molecule has 0 aromatic heterocycles. The lowest BCUT2D eigenvalue weighted by molar-refractivity contribution is 0.238. The lowest BCUT2D eigenvalue weighted by Gasteiger charge is -2.29. The van der Waals surface area contributed by atoms with Gasteiger partial charge in [-0.05, 0) is 211 Å². The average molecular weight is 1440 g/mol. The third-order valence-corrected chi connectivity index (χ3v) is 29.5. The predicted octanol–water partition coefficient (Wildman–Crippen LogP) is 8.90. The summed E-state index contributed by atoms with van der Waals surface area (Å²) in [5, 5.41) is 0. The molecular formula is C67H87N7O14S7. The molecule has 7 rings (SSSR count). The molecule has 0 aliphatic carbocycles. The first-order valence-corrected chi connectivity index (χ1v) is 41.4. The molecule has 21 nitrogen and oxygen atoms in total. The average Bonchev–Trinajstić information content (AvgIpc) is 0.810. The van der Waals surface area contributed by atoms with E-state index in [9.17, 15) is 58.9 Å². The van der Waals surface area contributed by atoms with E-state index in [4.69, 9.17) is 0 Å². The summed E-state index contributed by atoms with van der Waals surface area (Å²) in [5.41, 5.74) is 5.56. The van der Waals surface area contributed by atoms with E-state index in [-0.39, 0.29) is 106 Å². The van der Waals surface area contributed by atoms with Gasteiger partial charge in [-0.25, -0.2) is 68.4 Å². The standard InChI is InChI=1S/C67H87N7O14S7/c1-54-14-28-61(29-15-54)89(75,76)68-42-8-44-70(45-9-43-69-90(77,78)62-30-16-55(2)17-31-62)46-10-50-72(91(79,80)63-32-18-56(3)19-33-63)51-11-47-71(48-12-52-73(92(81,82)64-34-20-57(4)21-35-64)93(83,84)65-36-22-58(5)23-37-65)49-13-53-74(94(85,86)66-38-24-59(6)25-39-66)95(87,88)67-40-26-60(7)27-41-67/h14-41,68-69H,8-13,42-53H2,1-7H3. The molecule has 0 radical (unpaired) electrons. The number of hydrogen-bond acceptors (Lipinski definition) is 16. The fourth-order valence-corrected chi connectivity index (χ4v) is 21.4. The van der Waals surface area contributed by atoms with Crippen LogP contribution in [0.5, 0.6) is 0 Å². The van der Waals surface area contributed by atoms with Crippen molar-refractivity contribution < 1.29 is 58.9 Å². The minimum Gasteiger partial charge on any atom is -0.303 e. The Morgan fingerprint density at radius 3 is 0.653 bits per heavy atom. The molecule has 2 N–H and O–H groups in total. The fourth-order valence-electron chi connectivity index (χ4n) is 10.3. The van der Waals surface area contributed by atoms with E-state index in [0.717, 1.165) is 38.9 Å². The van der Waals surface area contributed by atoms with Crippen molar-refractivity contribution in [2.45, 2.75) is 121 Å². The van der Waals surface area contributed by atoms with Gasteiger partial charge in [-0.1, -0.05) is 131 Å². The van der Waals surface area contributed by atoms with Crippen LogP contribution in [0.25, 0.3) is 0 Å². The van der Waals surface area contributed by atoms with E-state index in [1.807, 2.05) is 25.7 Å². The second kappa shape index (κ2) is 33.4. The highest BCUT2D eigenvalue weighted by molar-refractivity contribution is 8.04. The molecule has 0 amide bonds. The number of hydrogen-bond donors (Lipinski definition) is 2. The van der Waals surface area contributed by atoms with E-state index >= 15 is 0 Å². The van der Waals surface area contributed by atoms with Crippen LogP contribution in [0.3, 0.4) is 0 Å². The molecule has 7 aromatic rings. The van der Waals surface area contributed by atoms with Gasteiger partial charge in [0.25, 0.3) is 40.1 Å². The molecule has 0 unspecified atom stereocenters. The van der Waals surface area contributed by atoms with Gasteiger partial charge in [0.2, 0.25) is 30.1 Å². The molecule has 0 aliphatic rings. The first-order chi connectivity index (χ1) is 44.7. The first-order valence-electron chi connectivity index (χ1n) is 31.2. The minimum atomic E-state index is -4.73. The zero-order valence-corrected chi connectivity index (χ0v) is 60.4. The van der Waals surface area contributed by atoms with Gasteiger partial charge < -0.3 is 9.80 Å². The maximum absolute atomic E-state index is 14.8. The maximum Gasteiger partial charge on any atom is 0.256 e. The van der Waals surface area contributed by atoms with Crippen molar-refractivity contribution in [3.05, 3.63) is 209 Å². The number of rotatable bonds is 38. The molecule has 0 saturated carbocycles. The fraction of sp³-hybridized carbons (Fsp3) is 0.373. The largest absolute Gasteiger partial charge is 0.303 e. The van der Waals surface area contributed by atoms with E-state index in [2.05, 4.69) is 9.44 Å². The van der Waals surface area contributed by atoms with Crippen LogP contribution >= 0.6 is 0 Å². The Kier molecular flexibility index (Phi) is 26.9. The summed E-state index contributed by atoms with van der Waals surface area (Å²) in [6.07, 6.45) is 0.846. The highest BCUT2D eigenvalue weighted by atomic mass is 32.3. The van der Waals surface area contributed by atoms with Gasteiger partial charge in [0, 0.05) is 39.3 Å². The van der Waals surface area contributed by atoms with Gasteiger partial charge in [0.15, 0.2) is 0 Å². The lowest BCUT2D eigenvalue weighted by Crippen LogP contribution is -2.41. The topological polar surface area (TPSA) is 279 Å². The Hall–Kier alpha value is -6.09. The van der Waals surface area contributed by atoms with Crippen molar-refractivity contribution in [2.75, 3.05) is 78.5 Å². The Morgan fingerprint density at radius 1 is 0.232 bits per heavy atom. The zero-order valence-electron chi connectivity index (χ0n) is 54.7. The molecule has 0 heterocycles. The number of sulfonamides is 7. The van der Waals surface area contributed by atoms with Gasteiger partial charge >= 0.3 is 0 Å². The van der Waals surface area contributed by atoms with Crippen LogP contribution in [0.1, 0.15) is 77.5 Å². The predicted molar refractivity (Wildman–Crippen MR) is 370 cm³/mol. The quantitative estimate of drug-likeness (QED) is 0.0342. The molecule has 0 aliphatic heterocycles. The maximum atomic E-state index is 14.8. The van der Waals surface area contributed by atoms with E-state index in [1.54, 1.807) is 118 Å². The summed E-state index contributed by atoms with van der Waals surface area (Å²) in [6, 6.07) is 42.3. The van der Waals surface area contributed by atoms with Crippen molar-refractivity contribution in [1.82, 2.24) is 31.0 Å². The summed E-state index contributed by atoms with van der Waals surface area (Å²) in [7, 11) is -30.8. The monoisotopic (exact) mass is 1440 g/mol. The lowest BCUT2D eigenvalue weighted by atomic mass is 10.2. The van der Waals surface area contributed by atoms with Crippen LogP contribution in [0.4, 0.5) is 0 Å². The summed E-state index contributed by atoms with van der Waals surface area (Å²) >= 11 is 0. The molecule has 0 fully saturated rings. The molecule has 7 aromatic carbocycles. The Bertz CT molecular complexity index is 4100. The molecular weight excluding hydrogens is 1350 g/mol. The van der Waals surface area contributed by atoms with Crippen LogP contribution in [0, 0.1) is 48.5 Å². The van der Waals surface area contributed by atoms with Crippen LogP contribution in [-0.2, 0) is 70.2 Å². The molecule has 0 spiro atoms.